The van der Waals surface area contributed by atoms with Crippen LogP contribution >= 0.6 is 0 Å². The standard InChI is InChI=1S/C13H24BNO2/c1-8(14)13(5,6)15-10(16)7-9(11(15)17)12(2,3)4/h8-9H,7,14H2,1-6H3. The molecule has 0 radical (unpaired) electrons. The Kier molecular flexibility index (Phi) is 3.48. The van der Waals surface area contributed by atoms with Crippen molar-refractivity contribution in [3.63, 3.8) is 0 Å². The number of imide groups is 1. The molecule has 0 aromatic rings. The second kappa shape index (κ2) is 4.15. The van der Waals surface area contributed by atoms with Gasteiger partial charge in [0.15, 0.2) is 0 Å². The average molecular weight is 237 g/mol. The first kappa shape index (κ1) is 14.3. The van der Waals surface area contributed by atoms with E-state index in [0.29, 0.717) is 6.42 Å². The van der Waals surface area contributed by atoms with E-state index in [9.17, 15) is 9.59 Å². The highest BCUT2D eigenvalue weighted by Crippen LogP contribution is 2.40. The molecule has 96 valence electrons. The Hall–Kier alpha value is -0.795. The first-order valence-electron chi connectivity index (χ1n) is 6.36. The van der Waals surface area contributed by atoms with Gasteiger partial charge in [0.2, 0.25) is 11.8 Å². The van der Waals surface area contributed by atoms with Crippen LogP contribution in [0.1, 0.15) is 48.0 Å². The van der Waals surface area contributed by atoms with E-state index < -0.39 is 5.54 Å². The van der Waals surface area contributed by atoms with Gasteiger partial charge in [0.25, 0.3) is 0 Å². The van der Waals surface area contributed by atoms with Gasteiger partial charge in [-0.05, 0) is 25.1 Å². The molecule has 0 aliphatic carbocycles. The summed E-state index contributed by atoms with van der Waals surface area (Å²) in [6.45, 7) is 12.1. The predicted octanol–water partition coefficient (Wildman–Crippen LogP) is 1.63. The van der Waals surface area contributed by atoms with Crippen LogP contribution < -0.4 is 0 Å². The summed E-state index contributed by atoms with van der Waals surface area (Å²) in [5.41, 5.74) is -0.539. The summed E-state index contributed by atoms with van der Waals surface area (Å²) in [7, 11) is 2.05. The quantitative estimate of drug-likeness (QED) is 0.540. The van der Waals surface area contributed by atoms with Gasteiger partial charge in [0.05, 0.1) is 5.92 Å². The van der Waals surface area contributed by atoms with Gasteiger partial charge in [-0.2, -0.15) is 0 Å². The molecular weight excluding hydrogens is 213 g/mol. The van der Waals surface area contributed by atoms with E-state index in [4.69, 9.17) is 0 Å². The Bertz CT molecular complexity index is 342. The molecule has 0 aromatic heterocycles. The minimum Gasteiger partial charge on any atom is -0.277 e. The van der Waals surface area contributed by atoms with E-state index in [1.54, 1.807) is 0 Å². The molecular formula is C13H24BNO2. The second-order valence-electron chi connectivity index (χ2n) is 7.00. The fourth-order valence-electron chi connectivity index (χ4n) is 2.17. The van der Waals surface area contributed by atoms with E-state index in [-0.39, 0.29) is 29.0 Å². The number of carbonyl (C=O) groups is 2. The summed E-state index contributed by atoms with van der Waals surface area (Å²) in [5.74, 6) is 0.0666. The molecule has 1 saturated heterocycles. The van der Waals surface area contributed by atoms with Crippen molar-refractivity contribution in [1.29, 1.82) is 0 Å². The van der Waals surface area contributed by atoms with Gasteiger partial charge in [0.1, 0.15) is 7.85 Å². The summed E-state index contributed by atoms with van der Waals surface area (Å²) < 4.78 is 0. The highest BCUT2D eigenvalue weighted by molar-refractivity contribution is 6.13. The van der Waals surface area contributed by atoms with Crippen molar-refractivity contribution in [2.24, 2.45) is 11.3 Å². The third-order valence-corrected chi connectivity index (χ3v) is 4.18. The van der Waals surface area contributed by atoms with Crippen LogP contribution in [0.15, 0.2) is 0 Å². The van der Waals surface area contributed by atoms with Gasteiger partial charge < -0.3 is 0 Å². The number of likely N-dealkylation sites (tertiary alicyclic amines) is 1. The maximum Gasteiger partial charge on any atom is 0.233 e. The smallest absolute Gasteiger partial charge is 0.233 e. The first-order chi connectivity index (χ1) is 7.49. The lowest BCUT2D eigenvalue weighted by Crippen LogP contribution is -2.50. The lowest BCUT2D eigenvalue weighted by molar-refractivity contribution is -0.146. The van der Waals surface area contributed by atoms with E-state index in [0.717, 1.165) is 0 Å². The minimum absolute atomic E-state index is 0.00111. The molecule has 1 aliphatic heterocycles. The zero-order chi connectivity index (χ0) is 13.6. The van der Waals surface area contributed by atoms with Crippen LogP contribution in [0.2, 0.25) is 5.82 Å². The molecule has 4 heteroatoms. The zero-order valence-electron chi connectivity index (χ0n) is 12.1. The Morgan fingerprint density at radius 2 is 1.71 bits per heavy atom. The number of hydrogen-bond acceptors (Lipinski definition) is 2. The van der Waals surface area contributed by atoms with Crippen molar-refractivity contribution in [1.82, 2.24) is 4.90 Å². The Balaban J connectivity index is 3.06. The van der Waals surface area contributed by atoms with Crippen molar-refractivity contribution in [3.8, 4) is 0 Å². The highest BCUT2D eigenvalue weighted by Gasteiger charge is 2.50. The number of amides is 2. The molecule has 1 aliphatic rings. The van der Waals surface area contributed by atoms with Crippen LogP contribution in [0.3, 0.4) is 0 Å². The summed E-state index contributed by atoms with van der Waals surface area (Å²) in [5, 5.41) is 0. The molecule has 0 bridgehead atoms. The van der Waals surface area contributed by atoms with Crippen molar-refractivity contribution >= 4 is 19.7 Å². The molecule has 0 saturated carbocycles. The van der Waals surface area contributed by atoms with Gasteiger partial charge >= 0.3 is 0 Å². The molecule has 0 aromatic carbocycles. The third kappa shape index (κ3) is 2.40. The van der Waals surface area contributed by atoms with Crippen LogP contribution in [0.25, 0.3) is 0 Å². The van der Waals surface area contributed by atoms with Crippen LogP contribution in [0.4, 0.5) is 0 Å². The Morgan fingerprint density at radius 1 is 1.24 bits per heavy atom. The Morgan fingerprint density at radius 3 is 2.00 bits per heavy atom. The summed E-state index contributed by atoms with van der Waals surface area (Å²) in [6, 6.07) is 0. The van der Waals surface area contributed by atoms with Crippen LogP contribution in [-0.2, 0) is 9.59 Å². The maximum absolute atomic E-state index is 12.4. The topological polar surface area (TPSA) is 37.4 Å². The molecule has 0 spiro atoms. The highest BCUT2D eigenvalue weighted by atomic mass is 16.2. The number of carbonyl (C=O) groups excluding carboxylic acids is 2. The van der Waals surface area contributed by atoms with Gasteiger partial charge in [-0.15, -0.1) is 0 Å². The van der Waals surface area contributed by atoms with Crippen molar-refractivity contribution < 1.29 is 9.59 Å². The van der Waals surface area contributed by atoms with E-state index in [1.165, 1.54) is 4.90 Å². The molecule has 2 atom stereocenters. The molecule has 0 N–H and O–H groups in total. The fourth-order valence-corrected chi connectivity index (χ4v) is 2.17. The molecule has 1 heterocycles. The molecule has 2 amide bonds. The zero-order valence-corrected chi connectivity index (χ0v) is 12.1. The van der Waals surface area contributed by atoms with Crippen molar-refractivity contribution in [3.05, 3.63) is 0 Å². The van der Waals surface area contributed by atoms with Crippen LogP contribution in [-0.4, -0.2) is 30.1 Å². The maximum atomic E-state index is 12.4. The first-order valence-corrected chi connectivity index (χ1v) is 6.36. The molecule has 1 fully saturated rings. The largest absolute Gasteiger partial charge is 0.277 e. The number of nitrogens with zero attached hydrogens (tertiary/aromatic N) is 1. The van der Waals surface area contributed by atoms with E-state index in [2.05, 4.69) is 0 Å². The number of rotatable bonds is 2. The molecule has 1 rings (SSSR count). The lowest BCUT2D eigenvalue weighted by Gasteiger charge is -2.38. The molecule has 3 nitrogen and oxygen atoms in total. The summed E-state index contributed by atoms with van der Waals surface area (Å²) >= 11 is 0. The van der Waals surface area contributed by atoms with Gasteiger partial charge in [0, 0.05) is 12.0 Å². The molecule has 2 unspecified atom stereocenters. The van der Waals surface area contributed by atoms with Crippen molar-refractivity contribution in [2.45, 2.75) is 59.3 Å². The van der Waals surface area contributed by atoms with Gasteiger partial charge in [-0.1, -0.05) is 27.7 Å². The third-order valence-electron chi connectivity index (χ3n) is 4.18. The molecule has 17 heavy (non-hydrogen) atoms. The number of hydrogen-bond donors (Lipinski definition) is 0. The normalized spacial score (nSPS) is 24.4. The predicted molar refractivity (Wildman–Crippen MR) is 71.5 cm³/mol. The SMILES string of the molecule is BC(C)C(C)(C)N1C(=O)CC(C(C)(C)C)C1=O. The fraction of sp³-hybridized carbons (Fsp3) is 0.846. The van der Waals surface area contributed by atoms with Crippen LogP contribution in [0.5, 0.6) is 0 Å². The second-order valence-corrected chi connectivity index (χ2v) is 7.00. The van der Waals surface area contributed by atoms with Crippen molar-refractivity contribution in [2.75, 3.05) is 0 Å². The minimum atomic E-state index is -0.395. The van der Waals surface area contributed by atoms with Crippen LogP contribution in [0, 0.1) is 11.3 Å². The van der Waals surface area contributed by atoms with E-state index in [1.807, 2.05) is 49.4 Å². The Labute approximate surface area is 105 Å². The van der Waals surface area contributed by atoms with E-state index >= 15 is 0 Å². The lowest BCUT2D eigenvalue weighted by atomic mass is 9.73. The summed E-state index contributed by atoms with van der Waals surface area (Å²) in [6.07, 6.45) is 0.360. The average Bonchev–Trinajstić information content (AvgIpc) is 2.40. The monoisotopic (exact) mass is 237 g/mol. The van der Waals surface area contributed by atoms with Gasteiger partial charge in [-0.3, -0.25) is 14.5 Å². The van der Waals surface area contributed by atoms with Gasteiger partial charge in [-0.25, -0.2) is 0 Å². The summed E-state index contributed by atoms with van der Waals surface area (Å²) in [4.78, 5) is 26.0.